The van der Waals surface area contributed by atoms with Crippen molar-refractivity contribution in [1.29, 1.82) is 0 Å². The first-order chi connectivity index (χ1) is 11.6. The fraction of sp³-hybridized carbons (Fsp3) is 0.316. The van der Waals surface area contributed by atoms with Crippen molar-refractivity contribution in [3.8, 4) is 0 Å². The molecule has 0 bridgehead atoms. The molecular weight excluding hydrogens is 343 g/mol. The van der Waals surface area contributed by atoms with Crippen LogP contribution in [0.5, 0.6) is 0 Å². The van der Waals surface area contributed by atoms with Gasteiger partial charge in [-0.25, -0.2) is 0 Å². The summed E-state index contributed by atoms with van der Waals surface area (Å²) < 4.78 is 0. The quantitative estimate of drug-likeness (QED) is 0.823. The Bertz CT molecular complexity index is 678. The summed E-state index contributed by atoms with van der Waals surface area (Å²) >= 11 is 11.8. The van der Waals surface area contributed by atoms with Gasteiger partial charge in [0, 0.05) is 42.8 Å². The first-order valence-electron chi connectivity index (χ1n) is 8.09. The summed E-state index contributed by atoms with van der Waals surface area (Å²) in [7, 11) is 0. The Morgan fingerprint density at radius 3 is 1.83 bits per heavy atom. The molecule has 1 amide bonds. The molecule has 126 valence electrons. The van der Waals surface area contributed by atoms with E-state index in [0.717, 1.165) is 43.3 Å². The van der Waals surface area contributed by atoms with E-state index in [1.54, 1.807) is 0 Å². The number of rotatable bonds is 4. The number of hydrogen-bond donors (Lipinski definition) is 0. The van der Waals surface area contributed by atoms with Gasteiger partial charge in [0.2, 0.25) is 5.91 Å². The molecule has 0 radical (unpaired) electrons. The van der Waals surface area contributed by atoms with Crippen molar-refractivity contribution in [2.24, 2.45) is 0 Å². The van der Waals surface area contributed by atoms with E-state index >= 15 is 0 Å². The third kappa shape index (κ3) is 4.73. The fourth-order valence-electron chi connectivity index (χ4n) is 2.89. The number of amides is 1. The van der Waals surface area contributed by atoms with Crippen LogP contribution in [0.2, 0.25) is 10.0 Å². The van der Waals surface area contributed by atoms with E-state index in [1.807, 2.05) is 41.3 Å². The molecule has 1 aliphatic heterocycles. The maximum absolute atomic E-state index is 12.4. The second-order valence-electron chi connectivity index (χ2n) is 6.09. The average molecular weight is 363 g/mol. The van der Waals surface area contributed by atoms with Gasteiger partial charge in [-0.1, -0.05) is 47.5 Å². The highest BCUT2D eigenvalue weighted by molar-refractivity contribution is 6.30. The second-order valence-corrected chi connectivity index (χ2v) is 6.96. The Kier molecular flexibility index (Phi) is 5.77. The third-order valence-corrected chi connectivity index (χ3v) is 4.82. The molecule has 3 rings (SSSR count). The summed E-state index contributed by atoms with van der Waals surface area (Å²) in [5.74, 6) is 0.184. The van der Waals surface area contributed by atoms with E-state index < -0.39 is 0 Å². The lowest BCUT2D eigenvalue weighted by molar-refractivity contribution is -0.132. The van der Waals surface area contributed by atoms with Crippen LogP contribution in [0, 0.1) is 0 Å². The number of benzene rings is 2. The topological polar surface area (TPSA) is 23.6 Å². The lowest BCUT2D eigenvalue weighted by atomic mass is 10.1. The van der Waals surface area contributed by atoms with Gasteiger partial charge in [-0.2, -0.15) is 0 Å². The minimum absolute atomic E-state index is 0.184. The summed E-state index contributed by atoms with van der Waals surface area (Å²) in [5, 5.41) is 1.46. The SMILES string of the molecule is O=C(Cc1ccc(Cl)cc1)N1CCN(Cc2ccc(Cl)cc2)CC1. The van der Waals surface area contributed by atoms with Gasteiger partial charge in [-0.15, -0.1) is 0 Å². The van der Waals surface area contributed by atoms with Crippen molar-refractivity contribution in [3.63, 3.8) is 0 Å². The number of carbonyl (C=O) groups excluding carboxylic acids is 1. The van der Waals surface area contributed by atoms with Crippen molar-refractivity contribution in [1.82, 2.24) is 9.80 Å². The molecular formula is C19H20Cl2N2O. The molecule has 2 aromatic rings. The van der Waals surface area contributed by atoms with E-state index in [-0.39, 0.29) is 5.91 Å². The van der Waals surface area contributed by atoms with Crippen molar-refractivity contribution >= 4 is 29.1 Å². The molecule has 1 aliphatic rings. The molecule has 1 fully saturated rings. The maximum Gasteiger partial charge on any atom is 0.227 e. The predicted molar refractivity (Wildman–Crippen MR) is 98.5 cm³/mol. The lowest BCUT2D eigenvalue weighted by Crippen LogP contribution is -2.48. The molecule has 0 saturated carbocycles. The van der Waals surface area contributed by atoms with Gasteiger partial charge in [0.05, 0.1) is 6.42 Å². The Balaban J connectivity index is 1.48. The Morgan fingerprint density at radius 2 is 1.29 bits per heavy atom. The van der Waals surface area contributed by atoms with Gasteiger partial charge in [-0.3, -0.25) is 9.69 Å². The molecule has 0 unspecified atom stereocenters. The van der Waals surface area contributed by atoms with Crippen LogP contribution in [0.1, 0.15) is 11.1 Å². The molecule has 0 aliphatic carbocycles. The zero-order chi connectivity index (χ0) is 16.9. The van der Waals surface area contributed by atoms with Crippen LogP contribution in [0.15, 0.2) is 48.5 Å². The molecule has 1 heterocycles. The summed E-state index contributed by atoms with van der Waals surface area (Å²) in [5.41, 5.74) is 2.26. The summed E-state index contributed by atoms with van der Waals surface area (Å²) in [6, 6.07) is 15.4. The molecule has 0 aromatic heterocycles. The lowest BCUT2D eigenvalue weighted by Gasteiger charge is -2.34. The number of nitrogens with zero attached hydrogens (tertiary/aromatic N) is 2. The molecule has 0 spiro atoms. The molecule has 0 N–H and O–H groups in total. The molecule has 1 saturated heterocycles. The van der Waals surface area contributed by atoms with Gasteiger partial charge in [0.25, 0.3) is 0 Å². The van der Waals surface area contributed by atoms with Crippen molar-refractivity contribution in [2.75, 3.05) is 26.2 Å². The zero-order valence-electron chi connectivity index (χ0n) is 13.4. The molecule has 2 aromatic carbocycles. The number of piperazine rings is 1. The highest BCUT2D eigenvalue weighted by atomic mass is 35.5. The second kappa shape index (κ2) is 8.02. The largest absolute Gasteiger partial charge is 0.340 e. The minimum atomic E-state index is 0.184. The van der Waals surface area contributed by atoms with Gasteiger partial charge < -0.3 is 4.90 Å². The van der Waals surface area contributed by atoms with Gasteiger partial charge in [0.1, 0.15) is 0 Å². The van der Waals surface area contributed by atoms with Crippen LogP contribution in [0.25, 0.3) is 0 Å². The predicted octanol–water partition coefficient (Wildman–Crippen LogP) is 3.88. The summed E-state index contributed by atoms with van der Waals surface area (Å²) in [6.07, 6.45) is 0.439. The first kappa shape index (κ1) is 17.3. The maximum atomic E-state index is 12.4. The monoisotopic (exact) mass is 362 g/mol. The number of carbonyl (C=O) groups is 1. The Labute approximate surface area is 152 Å². The third-order valence-electron chi connectivity index (χ3n) is 4.31. The van der Waals surface area contributed by atoms with E-state index in [1.165, 1.54) is 5.56 Å². The van der Waals surface area contributed by atoms with E-state index in [4.69, 9.17) is 23.2 Å². The molecule has 3 nitrogen and oxygen atoms in total. The van der Waals surface area contributed by atoms with Gasteiger partial charge in [-0.05, 0) is 35.4 Å². The van der Waals surface area contributed by atoms with Crippen molar-refractivity contribution < 1.29 is 4.79 Å². The fourth-order valence-corrected chi connectivity index (χ4v) is 3.14. The van der Waals surface area contributed by atoms with Crippen LogP contribution in [-0.4, -0.2) is 41.9 Å². The van der Waals surface area contributed by atoms with Crippen LogP contribution < -0.4 is 0 Å². The van der Waals surface area contributed by atoms with Crippen LogP contribution >= 0.6 is 23.2 Å². The van der Waals surface area contributed by atoms with Crippen LogP contribution in [0.4, 0.5) is 0 Å². The van der Waals surface area contributed by atoms with Crippen LogP contribution in [-0.2, 0) is 17.8 Å². The molecule has 24 heavy (non-hydrogen) atoms. The van der Waals surface area contributed by atoms with E-state index in [2.05, 4.69) is 17.0 Å². The van der Waals surface area contributed by atoms with Gasteiger partial charge >= 0.3 is 0 Å². The zero-order valence-corrected chi connectivity index (χ0v) is 14.9. The first-order valence-corrected chi connectivity index (χ1v) is 8.85. The number of halogens is 2. The highest BCUT2D eigenvalue weighted by Crippen LogP contribution is 2.14. The summed E-state index contributed by atoms with van der Waals surface area (Å²) in [6.45, 7) is 4.25. The highest BCUT2D eigenvalue weighted by Gasteiger charge is 2.21. The number of hydrogen-bond acceptors (Lipinski definition) is 2. The standard InChI is InChI=1S/C19H20Cl2N2O/c20-17-5-1-15(2-6-17)13-19(24)23-11-9-22(10-12-23)14-16-3-7-18(21)8-4-16/h1-8H,9-14H2. The smallest absolute Gasteiger partial charge is 0.227 e. The molecule has 0 atom stereocenters. The normalized spacial score (nSPS) is 15.5. The average Bonchev–Trinajstić information content (AvgIpc) is 2.59. The Morgan fingerprint density at radius 1 is 0.792 bits per heavy atom. The molecule has 5 heteroatoms. The van der Waals surface area contributed by atoms with Gasteiger partial charge in [0.15, 0.2) is 0 Å². The minimum Gasteiger partial charge on any atom is -0.340 e. The van der Waals surface area contributed by atoms with Crippen LogP contribution in [0.3, 0.4) is 0 Å². The summed E-state index contributed by atoms with van der Waals surface area (Å²) in [4.78, 5) is 16.7. The van der Waals surface area contributed by atoms with Crippen molar-refractivity contribution in [2.45, 2.75) is 13.0 Å². The van der Waals surface area contributed by atoms with E-state index in [0.29, 0.717) is 11.4 Å². The van der Waals surface area contributed by atoms with E-state index in [9.17, 15) is 4.79 Å². The van der Waals surface area contributed by atoms with Crippen molar-refractivity contribution in [3.05, 3.63) is 69.7 Å². The Hall–Kier alpha value is -1.55.